The molecule has 0 amide bonds. The van der Waals surface area contributed by atoms with Gasteiger partial charge in [0, 0.05) is 21.5 Å². The van der Waals surface area contributed by atoms with Gasteiger partial charge in [0.05, 0.1) is 28.7 Å². The third-order valence-corrected chi connectivity index (χ3v) is 5.67. The maximum Gasteiger partial charge on any atom is 0.346 e. The molecule has 3 aromatic rings. The van der Waals surface area contributed by atoms with Crippen LogP contribution in [0.1, 0.15) is 25.2 Å². The molecule has 0 bridgehead atoms. The largest absolute Gasteiger partial charge is 0.477 e. The molecular weight excluding hydrogens is 554 g/mol. The van der Waals surface area contributed by atoms with E-state index in [2.05, 4.69) is 41.9 Å². The van der Waals surface area contributed by atoms with Crippen molar-refractivity contribution in [3.8, 4) is 5.75 Å². The Bertz CT molecular complexity index is 1240. The maximum absolute atomic E-state index is 13.1. The molecule has 0 unspecified atom stereocenters. The molecule has 0 aliphatic rings. The maximum atomic E-state index is 13.1. The fraction of sp³-hybridized carbons (Fsp3) is 0.238. The Hall–Kier alpha value is -2.23. The van der Waals surface area contributed by atoms with Crippen LogP contribution in [-0.4, -0.2) is 35.1 Å². The van der Waals surface area contributed by atoms with Crippen LogP contribution in [-0.2, 0) is 16.0 Å². The lowest BCUT2D eigenvalue weighted by molar-refractivity contribution is -0.147. The Labute approximate surface area is 200 Å². The highest BCUT2D eigenvalue weighted by atomic mass is 79.9. The van der Waals surface area contributed by atoms with Gasteiger partial charge in [0.2, 0.25) is 0 Å². The van der Waals surface area contributed by atoms with Gasteiger partial charge in [0.1, 0.15) is 11.6 Å². The molecule has 0 N–H and O–H groups in total. The van der Waals surface area contributed by atoms with Crippen LogP contribution < -0.4 is 10.3 Å². The van der Waals surface area contributed by atoms with Crippen LogP contribution >= 0.6 is 43.5 Å². The standard InChI is InChI=1S/C21H18Br2ClN3O4/c1-4-18-26-17-6-5-13(22)8-15(17)20(28)27(18)25-10-12-7-14(24)9-16(23)19(12)31-11(2)21(29)30-3/h5-11H,4H2,1-3H3/t11-/m1/s1. The number of aromatic nitrogens is 2. The van der Waals surface area contributed by atoms with Crippen molar-refractivity contribution in [2.24, 2.45) is 5.10 Å². The molecule has 1 aromatic heterocycles. The van der Waals surface area contributed by atoms with Gasteiger partial charge in [-0.05, 0) is 53.2 Å². The number of esters is 1. The number of carbonyl (C=O) groups excluding carboxylic acids is 1. The molecule has 0 fully saturated rings. The highest BCUT2D eigenvalue weighted by Crippen LogP contribution is 2.33. The minimum atomic E-state index is -0.858. The van der Waals surface area contributed by atoms with Crippen molar-refractivity contribution >= 4 is 66.5 Å². The number of benzene rings is 2. The average Bonchev–Trinajstić information content (AvgIpc) is 2.74. The molecule has 2 aromatic carbocycles. The molecular formula is C21H18Br2ClN3O4. The number of fused-ring (bicyclic) bond motifs is 1. The van der Waals surface area contributed by atoms with E-state index in [0.717, 1.165) is 4.47 Å². The van der Waals surface area contributed by atoms with E-state index in [4.69, 9.17) is 21.1 Å². The van der Waals surface area contributed by atoms with Gasteiger partial charge in [-0.25, -0.2) is 9.78 Å². The fourth-order valence-electron chi connectivity index (χ4n) is 2.85. The quantitative estimate of drug-likeness (QED) is 0.309. The first-order chi connectivity index (χ1) is 14.7. The highest BCUT2D eigenvalue weighted by molar-refractivity contribution is 9.10. The third kappa shape index (κ3) is 5.16. The van der Waals surface area contributed by atoms with Gasteiger partial charge in [0.15, 0.2) is 6.10 Å². The van der Waals surface area contributed by atoms with Crippen molar-refractivity contribution in [2.75, 3.05) is 7.11 Å². The summed E-state index contributed by atoms with van der Waals surface area (Å²) in [5, 5.41) is 5.23. The summed E-state index contributed by atoms with van der Waals surface area (Å²) < 4.78 is 13.0. The van der Waals surface area contributed by atoms with E-state index in [1.54, 1.807) is 31.2 Å². The van der Waals surface area contributed by atoms with Crippen LogP contribution in [0.5, 0.6) is 5.75 Å². The van der Waals surface area contributed by atoms with Crippen LogP contribution in [0.15, 0.2) is 49.2 Å². The van der Waals surface area contributed by atoms with E-state index in [9.17, 15) is 9.59 Å². The zero-order chi connectivity index (χ0) is 22.7. The normalized spacial score (nSPS) is 12.3. The second-order valence-corrected chi connectivity index (χ2v) is 8.70. The van der Waals surface area contributed by atoms with Gasteiger partial charge < -0.3 is 9.47 Å². The highest BCUT2D eigenvalue weighted by Gasteiger charge is 2.19. The van der Waals surface area contributed by atoms with Gasteiger partial charge in [-0.2, -0.15) is 9.78 Å². The summed E-state index contributed by atoms with van der Waals surface area (Å²) in [5.74, 6) is 0.315. The zero-order valence-corrected chi connectivity index (χ0v) is 20.8. The molecule has 7 nitrogen and oxygen atoms in total. The predicted octanol–water partition coefficient (Wildman–Crippen LogP) is 4.96. The number of nitrogens with zero attached hydrogens (tertiary/aromatic N) is 3. The molecule has 162 valence electrons. The van der Waals surface area contributed by atoms with Crippen LogP contribution in [0, 0.1) is 0 Å². The Kier molecular flexibility index (Phi) is 7.51. The van der Waals surface area contributed by atoms with Gasteiger partial charge >= 0.3 is 5.97 Å². The first-order valence-electron chi connectivity index (χ1n) is 9.24. The average molecular weight is 572 g/mol. The number of aryl methyl sites for hydroxylation is 1. The van der Waals surface area contributed by atoms with Crippen LogP contribution in [0.4, 0.5) is 0 Å². The Morgan fingerprint density at radius 2 is 2.06 bits per heavy atom. The van der Waals surface area contributed by atoms with Crippen molar-refractivity contribution < 1.29 is 14.3 Å². The number of ether oxygens (including phenoxy) is 2. The first-order valence-corrected chi connectivity index (χ1v) is 11.2. The predicted molar refractivity (Wildman–Crippen MR) is 127 cm³/mol. The van der Waals surface area contributed by atoms with Crippen molar-refractivity contribution in [3.05, 3.63) is 66.0 Å². The van der Waals surface area contributed by atoms with E-state index < -0.39 is 12.1 Å². The van der Waals surface area contributed by atoms with Gasteiger partial charge in [-0.15, -0.1) is 0 Å². The molecule has 0 spiro atoms. The molecule has 0 aliphatic heterocycles. The summed E-state index contributed by atoms with van der Waals surface area (Å²) in [7, 11) is 1.28. The molecule has 1 heterocycles. The topological polar surface area (TPSA) is 82.8 Å². The smallest absolute Gasteiger partial charge is 0.346 e. The zero-order valence-electron chi connectivity index (χ0n) is 16.9. The van der Waals surface area contributed by atoms with Crippen molar-refractivity contribution in [1.29, 1.82) is 0 Å². The number of methoxy groups -OCH3 is 1. The number of carbonyl (C=O) groups is 1. The molecule has 0 saturated carbocycles. The van der Waals surface area contributed by atoms with Gasteiger partial charge in [-0.1, -0.05) is 34.5 Å². The van der Waals surface area contributed by atoms with E-state index in [-0.39, 0.29) is 5.56 Å². The van der Waals surface area contributed by atoms with Crippen molar-refractivity contribution in [2.45, 2.75) is 26.4 Å². The minimum absolute atomic E-state index is 0.300. The van der Waals surface area contributed by atoms with E-state index in [1.165, 1.54) is 18.0 Å². The first kappa shape index (κ1) is 23.4. The van der Waals surface area contributed by atoms with Gasteiger partial charge in [0.25, 0.3) is 5.56 Å². The number of halogens is 3. The van der Waals surface area contributed by atoms with E-state index >= 15 is 0 Å². The van der Waals surface area contributed by atoms with Crippen molar-refractivity contribution in [3.63, 3.8) is 0 Å². The van der Waals surface area contributed by atoms with Crippen LogP contribution in [0.25, 0.3) is 10.9 Å². The van der Waals surface area contributed by atoms with Gasteiger partial charge in [-0.3, -0.25) is 4.79 Å². The van der Waals surface area contributed by atoms with E-state index in [1.807, 2.05) is 13.0 Å². The van der Waals surface area contributed by atoms with Crippen LogP contribution in [0.2, 0.25) is 5.02 Å². The Balaban J connectivity index is 2.11. The summed E-state index contributed by atoms with van der Waals surface area (Å²) in [6.45, 7) is 3.46. The molecule has 10 heteroatoms. The third-order valence-electron chi connectivity index (χ3n) is 4.37. The van der Waals surface area contributed by atoms with Crippen LogP contribution in [0.3, 0.4) is 0 Å². The molecule has 31 heavy (non-hydrogen) atoms. The summed E-state index contributed by atoms with van der Waals surface area (Å²) in [6, 6.07) is 8.58. The summed E-state index contributed by atoms with van der Waals surface area (Å²) in [4.78, 5) is 29.4. The summed E-state index contributed by atoms with van der Waals surface area (Å²) >= 11 is 13.0. The lowest BCUT2D eigenvalue weighted by Gasteiger charge is -2.16. The summed E-state index contributed by atoms with van der Waals surface area (Å²) in [6.07, 6.45) is 1.09. The number of rotatable bonds is 6. The second kappa shape index (κ2) is 9.93. The second-order valence-electron chi connectivity index (χ2n) is 6.49. The van der Waals surface area contributed by atoms with E-state index in [0.29, 0.717) is 44.0 Å². The Morgan fingerprint density at radius 1 is 1.32 bits per heavy atom. The Morgan fingerprint density at radius 3 is 2.74 bits per heavy atom. The lowest BCUT2D eigenvalue weighted by Crippen LogP contribution is -2.25. The van der Waals surface area contributed by atoms with Crippen molar-refractivity contribution in [1.82, 2.24) is 9.66 Å². The minimum Gasteiger partial charge on any atom is -0.477 e. The molecule has 0 aliphatic carbocycles. The number of hydrogen-bond donors (Lipinski definition) is 0. The molecule has 1 atom stereocenters. The molecule has 3 rings (SSSR count). The molecule has 0 radical (unpaired) electrons. The number of hydrogen-bond acceptors (Lipinski definition) is 6. The molecule has 0 saturated heterocycles. The lowest BCUT2D eigenvalue weighted by atomic mass is 10.2. The summed E-state index contributed by atoms with van der Waals surface area (Å²) in [5.41, 5.74) is 0.766. The fourth-order valence-corrected chi connectivity index (χ4v) is 4.14. The monoisotopic (exact) mass is 569 g/mol. The SMILES string of the molecule is CCc1nc2ccc(Br)cc2c(=O)n1N=Cc1cc(Cl)cc(Br)c1O[C@H](C)C(=O)OC.